The second-order valence-corrected chi connectivity index (χ2v) is 5.75. The Morgan fingerprint density at radius 3 is 2.50 bits per heavy atom. The number of carbonyl (C=O) groups excluding carboxylic acids is 3. The molecule has 7 heteroatoms. The number of hydrogen-bond donors (Lipinski definition) is 1. The largest absolute Gasteiger partial charge is 0.462 e. The van der Waals surface area contributed by atoms with Gasteiger partial charge in [0.25, 0.3) is 11.8 Å². The second kappa shape index (κ2) is 5.98. The van der Waals surface area contributed by atoms with Gasteiger partial charge >= 0.3 is 6.03 Å². The first kappa shape index (κ1) is 16.0. The molecule has 0 unspecified atom stereocenters. The van der Waals surface area contributed by atoms with E-state index in [1.807, 2.05) is 0 Å². The number of hydrogen-bond acceptors (Lipinski definition) is 4. The molecule has 1 aromatic heterocycles. The van der Waals surface area contributed by atoms with E-state index in [0.717, 1.165) is 10.5 Å². The van der Waals surface area contributed by atoms with E-state index in [2.05, 4.69) is 5.32 Å². The fraction of sp³-hybridized carbons (Fsp3) is 0.118. The Balaban J connectivity index is 2.02. The Hall–Kier alpha value is -2.86. The molecule has 6 nitrogen and oxygen atoms in total. The highest BCUT2D eigenvalue weighted by Crippen LogP contribution is 2.26. The van der Waals surface area contributed by atoms with Crippen LogP contribution in [0.15, 0.2) is 40.3 Å². The minimum atomic E-state index is -0.822. The number of nitrogens with one attached hydrogen (secondary N) is 1. The molecule has 0 radical (unpaired) electrons. The molecule has 0 atom stereocenters. The van der Waals surface area contributed by atoms with E-state index in [0.29, 0.717) is 16.5 Å². The second-order valence-electron chi connectivity index (χ2n) is 5.34. The highest BCUT2D eigenvalue weighted by atomic mass is 35.5. The van der Waals surface area contributed by atoms with Gasteiger partial charge in [0, 0.05) is 5.02 Å². The van der Waals surface area contributed by atoms with Crippen LogP contribution < -0.4 is 10.2 Å². The molecule has 0 spiro atoms. The van der Waals surface area contributed by atoms with Crippen molar-refractivity contribution < 1.29 is 18.8 Å². The summed E-state index contributed by atoms with van der Waals surface area (Å²) in [6.45, 7) is 3.55. The molecule has 1 N–H and O–H groups in total. The molecule has 122 valence electrons. The van der Waals surface area contributed by atoms with Crippen molar-refractivity contribution >= 4 is 41.2 Å². The summed E-state index contributed by atoms with van der Waals surface area (Å²) in [5, 5.41) is 2.56. The van der Waals surface area contributed by atoms with Crippen molar-refractivity contribution in [1.29, 1.82) is 0 Å². The first-order chi connectivity index (χ1) is 11.4. The fourth-order valence-corrected chi connectivity index (χ4v) is 2.46. The van der Waals surface area contributed by atoms with E-state index in [9.17, 15) is 14.4 Å². The maximum Gasteiger partial charge on any atom is 0.335 e. The van der Waals surface area contributed by atoms with E-state index >= 15 is 0 Å². The molecule has 1 fully saturated rings. The van der Waals surface area contributed by atoms with Crippen molar-refractivity contribution in [2.24, 2.45) is 0 Å². The first-order valence-corrected chi connectivity index (χ1v) is 7.48. The van der Waals surface area contributed by atoms with Crippen LogP contribution in [-0.2, 0) is 9.59 Å². The van der Waals surface area contributed by atoms with Crippen molar-refractivity contribution in [2.45, 2.75) is 13.8 Å². The molecule has 2 heterocycles. The molecule has 0 aliphatic carbocycles. The number of furan rings is 1. The standard InChI is InChI=1S/C17H13ClN2O4/c1-9-3-5-11(7-14(9)18)20-16(22)13(15(21)19-17(20)23)8-12-6-4-10(2)24-12/h3-8H,1-2H3,(H,19,21,23). The molecule has 2 aromatic rings. The molecule has 3 rings (SSSR count). The molecule has 1 aromatic carbocycles. The van der Waals surface area contributed by atoms with Gasteiger partial charge in [0.2, 0.25) is 0 Å². The molecule has 1 aliphatic rings. The summed E-state index contributed by atoms with van der Waals surface area (Å²) >= 11 is 6.06. The minimum absolute atomic E-state index is 0.194. The van der Waals surface area contributed by atoms with Gasteiger partial charge in [0.05, 0.1) is 5.69 Å². The maximum absolute atomic E-state index is 12.6. The Morgan fingerprint density at radius 1 is 1.12 bits per heavy atom. The average molecular weight is 345 g/mol. The predicted molar refractivity (Wildman–Crippen MR) is 88.6 cm³/mol. The third-order valence-electron chi connectivity index (χ3n) is 3.56. The van der Waals surface area contributed by atoms with Crippen molar-refractivity contribution in [2.75, 3.05) is 4.90 Å². The van der Waals surface area contributed by atoms with Crippen LogP contribution in [0, 0.1) is 13.8 Å². The average Bonchev–Trinajstić information content (AvgIpc) is 2.92. The summed E-state index contributed by atoms with van der Waals surface area (Å²) in [7, 11) is 0. The number of anilines is 1. The third-order valence-corrected chi connectivity index (χ3v) is 3.97. The molecular weight excluding hydrogens is 332 g/mol. The van der Waals surface area contributed by atoms with Crippen molar-refractivity contribution in [3.05, 3.63) is 58.0 Å². The Labute approximate surface area is 142 Å². The number of amides is 4. The Morgan fingerprint density at radius 2 is 1.88 bits per heavy atom. The zero-order valence-corrected chi connectivity index (χ0v) is 13.7. The lowest BCUT2D eigenvalue weighted by Gasteiger charge is -2.26. The maximum atomic E-state index is 12.6. The predicted octanol–water partition coefficient (Wildman–Crippen LogP) is 3.22. The fourth-order valence-electron chi connectivity index (χ4n) is 2.29. The topological polar surface area (TPSA) is 79.6 Å². The van der Waals surface area contributed by atoms with Gasteiger partial charge in [-0.15, -0.1) is 0 Å². The van der Waals surface area contributed by atoms with Crippen molar-refractivity contribution in [1.82, 2.24) is 5.32 Å². The Bertz CT molecular complexity index is 898. The summed E-state index contributed by atoms with van der Waals surface area (Å²) in [5.74, 6) is -0.516. The minimum Gasteiger partial charge on any atom is -0.462 e. The van der Waals surface area contributed by atoms with Gasteiger partial charge in [0.1, 0.15) is 17.1 Å². The lowest BCUT2D eigenvalue weighted by molar-refractivity contribution is -0.122. The van der Waals surface area contributed by atoms with Gasteiger partial charge in [-0.25, -0.2) is 9.69 Å². The van der Waals surface area contributed by atoms with Gasteiger partial charge in [-0.05, 0) is 49.8 Å². The highest BCUT2D eigenvalue weighted by molar-refractivity contribution is 6.39. The van der Waals surface area contributed by atoms with Crippen LogP contribution in [0.1, 0.15) is 17.1 Å². The molecule has 4 amide bonds. The number of nitrogens with zero attached hydrogens (tertiary/aromatic N) is 1. The number of rotatable bonds is 2. The molecule has 0 saturated carbocycles. The summed E-state index contributed by atoms with van der Waals surface area (Å²) in [6, 6.07) is 7.29. The number of halogens is 1. The summed E-state index contributed by atoms with van der Waals surface area (Å²) in [4.78, 5) is 37.6. The first-order valence-electron chi connectivity index (χ1n) is 7.11. The number of benzene rings is 1. The van der Waals surface area contributed by atoms with Gasteiger partial charge in [-0.1, -0.05) is 17.7 Å². The van der Waals surface area contributed by atoms with Crippen LogP contribution >= 0.6 is 11.6 Å². The molecule has 0 bridgehead atoms. The third kappa shape index (κ3) is 2.83. The van der Waals surface area contributed by atoms with E-state index in [1.165, 1.54) is 12.1 Å². The van der Waals surface area contributed by atoms with Crippen molar-refractivity contribution in [3.63, 3.8) is 0 Å². The molecule has 1 saturated heterocycles. The van der Waals surface area contributed by atoms with Crippen LogP contribution in [0.3, 0.4) is 0 Å². The number of barbiturate groups is 1. The van der Waals surface area contributed by atoms with Gasteiger partial charge in [-0.3, -0.25) is 14.9 Å². The normalized spacial score (nSPS) is 16.7. The summed E-state index contributed by atoms with van der Waals surface area (Å²) in [5.41, 5.74) is 0.894. The zero-order valence-electron chi connectivity index (χ0n) is 12.9. The van der Waals surface area contributed by atoms with Crippen LogP contribution in [0.5, 0.6) is 0 Å². The van der Waals surface area contributed by atoms with Gasteiger partial charge in [-0.2, -0.15) is 0 Å². The molecule has 24 heavy (non-hydrogen) atoms. The number of aryl methyl sites for hydroxylation is 2. The zero-order chi connectivity index (χ0) is 17.4. The number of urea groups is 1. The number of imide groups is 2. The summed E-state index contributed by atoms with van der Waals surface area (Å²) < 4.78 is 5.35. The lowest BCUT2D eigenvalue weighted by atomic mass is 10.1. The SMILES string of the molecule is Cc1ccc(C=C2C(=O)NC(=O)N(c3ccc(C)c(Cl)c3)C2=O)o1. The van der Waals surface area contributed by atoms with Gasteiger partial charge < -0.3 is 4.42 Å². The molecular formula is C17H13ClN2O4. The van der Waals surface area contributed by atoms with Crippen molar-refractivity contribution in [3.8, 4) is 0 Å². The van der Waals surface area contributed by atoms with E-state index in [1.54, 1.807) is 38.1 Å². The van der Waals surface area contributed by atoms with Crippen LogP contribution in [-0.4, -0.2) is 17.8 Å². The molecule has 1 aliphatic heterocycles. The smallest absolute Gasteiger partial charge is 0.335 e. The monoisotopic (exact) mass is 344 g/mol. The van der Waals surface area contributed by atoms with E-state index in [4.69, 9.17) is 16.0 Å². The number of carbonyl (C=O) groups is 3. The summed E-state index contributed by atoms with van der Waals surface area (Å²) in [6.07, 6.45) is 1.31. The van der Waals surface area contributed by atoms with Gasteiger partial charge in [0.15, 0.2) is 0 Å². The lowest BCUT2D eigenvalue weighted by Crippen LogP contribution is -2.54. The van der Waals surface area contributed by atoms with Crippen LogP contribution in [0.4, 0.5) is 10.5 Å². The quantitative estimate of drug-likeness (QED) is 0.670. The van der Waals surface area contributed by atoms with E-state index in [-0.39, 0.29) is 11.3 Å². The van der Waals surface area contributed by atoms with Crippen LogP contribution in [0.2, 0.25) is 5.02 Å². The highest BCUT2D eigenvalue weighted by Gasteiger charge is 2.37. The van der Waals surface area contributed by atoms with E-state index < -0.39 is 17.8 Å². The Kier molecular flexibility index (Phi) is 3.99. The van der Waals surface area contributed by atoms with Crippen LogP contribution in [0.25, 0.3) is 6.08 Å².